The third-order valence-electron chi connectivity index (χ3n) is 4.05. The van der Waals surface area contributed by atoms with Gasteiger partial charge in [-0.15, -0.1) is 24.8 Å². The van der Waals surface area contributed by atoms with Crippen LogP contribution in [0.2, 0.25) is 0 Å². The van der Waals surface area contributed by atoms with E-state index in [1.807, 2.05) is 61.1 Å². The first-order valence-corrected chi connectivity index (χ1v) is 8.76. The second-order valence-corrected chi connectivity index (χ2v) is 6.20. The van der Waals surface area contributed by atoms with Gasteiger partial charge in [0.2, 0.25) is 0 Å². The predicted molar refractivity (Wildman–Crippen MR) is 116 cm³/mol. The molecular formula is C20H26Cl2N4O2. The summed E-state index contributed by atoms with van der Waals surface area (Å²) in [4.78, 5) is 16.9. The second kappa shape index (κ2) is 11.5. The van der Waals surface area contributed by atoms with Gasteiger partial charge in [0.1, 0.15) is 18.0 Å². The van der Waals surface area contributed by atoms with Gasteiger partial charge in [0.15, 0.2) is 0 Å². The number of aryl methyl sites for hydroxylation is 1. The largest absolute Gasteiger partial charge is 0.486 e. The summed E-state index contributed by atoms with van der Waals surface area (Å²) in [5.74, 6) is 0.439. The fourth-order valence-electron chi connectivity index (χ4n) is 2.72. The molecule has 0 unspecified atom stereocenters. The minimum Gasteiger partial charge on any atom is -0.486 e. The van der Waals surface area contributed by atoms with Crippen LogP contribution in [0.4, 0.5) is 0 Å². The standard InChI is InChI=1S/C20H24N4O2.2ClH/c1-15-8-9-19-23-16(13-24(19)12-15)14-26-18-7-4-3-6-17(18)20(25)22-11-5-10-21-2;;/h3-4,6-9,12-13,21H,5,10-11,14H2,1-2H3,(H,22,25);2*1H. The Morgan fingerprint density at radius 1 is 1.11 bits per heavy atom. The maximum atomic E-state index is 12.4. The van der Waals surface area contributed by atoms with Crippen LogP contribution in [0, 0.1) is 6.92 Å². The zero-order valence-corrected chi connectivity index (χ0v) is 17.6. The molecule has 3 rings (SSSR count). The number of fused-ring (bicyclic) bond motifs is 1. The number of pyridine rings is 1. The van der Waals surface area contributed by atoms with Crippen LogP contribution >= 0.6 is 24.8 Å². The zero-order valence-electron chi connectivity index (χ0n) is 16.0. The van der Waals surface area contributed by atoms with Crippen molar-refractivity contribution in [2.75, 3.05) is 20.1 Å². The van der Waals surface area contributed by atoms with E-state index in [0.29, 0.717) is 24.5 Å². The fourth-order valence-corrected chi connectivity index (χ4v) is 2.72. The molecule has 0 aliphatic rings. The van der Waals surface area contributed by atoms with Crippen molar-refractivity contribution < 1.29 is 9.53 Å². The highest BCUT2D eigenvalue weighted by Crippen LogP contribution is 2.19. The third kappa shape index (κ3) is 6.12. The molecule has 0 spiro atoms. The number of imidazole rings is 1. The fraction of sp³-hybridized carbons (Fsp3) is 0.300. The molecule has 28 heavy (non-hydrogen) atoms. The van der Waals surface area contributed by atoms with Crippen molar-refractivity contribution in [1.29, 1.82) is 0 Å². The molecule has 0 saturated carbocycles. The first-order chi connectivity index (χ1) is 12.7. The normalized spacial score (nSPS) is 10.1. The van der Waals surface area contributed by atoms with Gasteiger partial charge in [-0.3, -0.25) is 4.79 Å². The van der Waals surface area contributed by atoms with Crippen LogP contribution in [0.1, 0.15) is 28.0 Å². The number of rotatable bonds is 8. The molecule has 0 aliphatic carbocycles. The number of halogens is 2. The van der Waals surface area contributed by atoms with Crippen molar-refractivity contribution in [3.8, 4) is 5.75 Å². The van der Waals surface area contributed by atoms with E-state index in [2.05, 4.69) is 15.6 Å². The summed E-state index contributed by atoms with van der Waals surface area (Å²) >= 11 is 0. The van der Waals surface area contributed by atoms with E-state index in [4.69, 9.17) is 4.74 Å². The van der Waals surface area contributed by atoms with Gasteiger partial charge in [-0.1, -0.05) is 18.2 Å². The highest BCUT2D eigenvalue weighted by Gasteiger charge is 2.12. The quantitative estimate of drug-likeness (QED) is 0.543. The molecule has 1 aromatic carbocycles. The lowest BCUT2D eigenvalue weighted by atomic mass is 10.2. The molecule has 3 aromatic rings. The van der Waals surface area contributed by atoms with Gasteiger partial charge >= 0.3 is 0 Å². The maximum absolute atomic E-state index is 12.4. The average Bonchev–Trinajstić information content (AvgIpc) is 3.05. The van der Waals surface area contributed by atoms with E-state index >= 15 is 0 Å². The summed E-state index contributed by atoms with van der Waals surface area (Å²) in [5.41, 5.74) is 3.41. The number of nitrogens with zero attached hydrogens (tertiary/aromatic N) is 2. The van der Waals surface area contributed by atoms with Gasteiger partial charge in [0, 0.05) is 18.9 Å². The van der Waals surface area contributed by atoms with E-state index in [1.54, 1.807) is 6.07 Å². The topological polar surface area (TPSA) is 67.7 Å². The van der Waals surface area contributed by atoms with E-state index in [-0.39, 0.29) is 30.7 Å². The van der Waals surface area contributed by atoms with E-state index in [9.17, 15) is 4.79 Å². The first-order valence-electron chi connectivity index (χ1n) is 8.76. The molecule has 0 atom stereocenters. The van der Waals surface area contributed by atoms with Gasteiger partial charge in [-0.25, -0.2) is 4.98 Å². The lowest BCUT2D eigenvalue weighted by Crippen LogP contribution is -2.27. The van der Waals surface area contributed by atoms with Crippen LogP contribution in [0.15, 0.2) is 48.8 Å². The number of nitrogens with one attached hydrogen (secondary N) is 2. The third-order valence-corrected chi connectivity index (χ3v) is 4.05. The lowest BCUT2D eigenvalue weighted by Gasteiger charge is -2.11. The Balaban J connectivity index is 0.00000196. The number of hydrogen-bond acceptors (Lipinski definition) is 4. The molecule has 152 valence electrons. The van der Waals surface area contributed by atoms with E-state index in [0.717, 1.165) is 24.3 Å². The van der Waals surface area contributed by atoms with Crippen molar-refractivity contribution in [1.82, 2.24) is 20.0 Å². The molecule has 2 aromatic heterocycles. The molecule has 0 radical (unpaired) electrons. The summed E-state index contributed by atoms with van der Waals surface area (Å²) in [6.07, 6.45) is 4.85. The van der Waals surface area contributed by atoms with Crippen molar-refractivity contribution in [2.45, 2.75) is 20.0 Å². The average molecular weight is 425 g/mol. The highest BCUT2D eigenvalue weighted by atomic mass is 35.5. The number of carbonyl (C=O) groups excluding carboxylic acids is 1. The second-order valence-electron chi connectivity index (χ2n) is 6.20. The number of aromatic nitrogens is 2. The maximum Gasteiger partial charge on any atom is 0.255 e. The Bertz CT molecular complexity index is 899. The molecule has 0 fully saturated rings. The summed E-state index contributed by atoms with van der Waals surface area (Å²) in [6, 6.07) is 11.3. The number of para-hydroxylation sites is 1. The van der Waals surface area contributed by atoms with Gasteiger partial charge in [-0.2, -0.15) is 0 Å². The number of hydrogen-bond donors (Lipinski definition) is 2. The van der Waals surface area contributed by atoms with Crippen LogP contribution in [0.25, 0.3) is 5.65 Å². The van der Waals surface area contributed by atoms with Crippen molar-refractivity contribution >= 4 is 36.4 Å². The summed E-state index contributed by atoms with van der Waals surface area (Å²) in [7, 11) is 1.89. The van der Waals surface area contributed by atoms with E-state index in [1.165, 1.54) is 5.56 Å². The van der Waals surface area contributed by atoms with Crippen LogP contribution in [-0.2, 0) is 6.61 Å². The molecule has 6 nitrogen and oxygen atoms in total. The minimum atomic E-state index is -0.123. The molecule has 0 bridgehead atoms. The Morgan fingerprint density at radius 2 is 1.89 bits per heavy atom. The number of carbonyl (C=O) groups is 1. The van der Waals surface area contributed by atoms with Gasteiger partial charge in [-0.05, 0) is 50.7 Å². The Morgan fingerprint density at radius 3 is 2.68 bits per heavy atom. The van der Waals surface area contributed by atoms with Crippen molar-refractivity contribution in [3.05, 3.63) is 65.6 Å². The highest BCUT2D eigenvalue weighted by molar-refractivity contribution is 5.96. The Labute approximate surface area is 177 Å². The lowest BCUT2D eigenvalue weighted by molar-refractivity contribution is 0.0948. The minimum absolute atomic E-state index is 0. The predicted octanol–water partition coefficient (Wildman–Crippen LogP) is 3.40. The van der Waals surface area contributed by atoms with Crippen molar-refractivity contribution in [2.24, 2.45) is 0 Å². The number of benzene rings is 1. The monoisotopic (exact) mass is 424 g/mol. The molecule has 2 heterocycles. The van der Waals surface area contributed by atoms with Crippen LogP contribution < -0.4 is 15.4 Å². The summed E-state index contributed by atoms with van der Waals surface area (Å²) in [6.45, 7) is 3.84. The summed E-state index contributed by atoms with van der Waals surface area (Å²) in [5, 5.41) is 5.98. The molecule has 2 N–H and O–H groups in total. The Kier molecular flexibility index (Phi) is 9.79. The van der Waals surface area contributed by atoms with Crippen LogP contribution in [0.3, 0.4) is 0 Å². The van der Waals surface area contributed by atoms with Crippen LogP contribution in [-0.4, -0.2) is 35.4 Å². The van der Waals surface area contributed by atoms with Gasteiger partial charge in [0.25, 0.3) is 5.91 Å². The van der Waals surface area contributed by atoms with Gasteiger partial charge < -0.3 is 19.8 Å². The van der Waals surface area contributed by atoms with E-state index < -0.39 is 0 Å². The zero-order chi connectivity index (χ0) is 18.4. The SMILES string of the molecule is CNCCCNC(=O)c1ccccc1OCc1cn2cc(C)ccc2n1.Cl.Cl. The summed E-state index contributed by atoms with van der Waals surface area (Å²) < 4.78 is 7.86. The molecular weight excluding hydrogens is 399 g/mol. The molecule has 0 saturated heterocycles. The smallest absolute Gasteiger partial charge is 0.255 e. The Hall–Kier alpha value is -2.28. The van der Waals surface area contributed by atoms with Crippen LogP contribution in [0.5, 0.6) is 5.75 Å². The molecule has 1 amide bonds. The van der Waals surface area contributed by atoms with Crippen molar-refractivity contribution in [3.63, 3.8) is 0 Å². The molecule has 8 heteroatoms. The first kappa shape index (κ1) is 23.8. The number of amides is 1. The van der Waals surface area contributed by atoms with Gasteiger partial charge in [0.05, 0.1) is 11.3 Å². The molecule has 0 aliphatic heterocycles. The number of ether oxygens (including phenoxy) is 1.